The third-order valence-corrected chi connectivity index (χ3v) is 5.90. The molecule has 0 amide bonds. The molecule has 1 unspecified atom stereocenters. The molecule has 0 spiro atoms. The van der Waals surface area contributed by atoms with Crippen molar-refractivity contribution < 1.29 is 4.39 Å². The van der Waals surface area contributed by atoms with Crippen LogP contribution in [0.5, 0.6) is 0 Å². The fourth-order valence-corrected chi connectivity index (χ4v) is 3.62. The van der Waals surface area contributed by atoms with Gasteiger partial charge in [-0.3, -0.25) is 4.99 Å². The molecule has 0 bridgehead atoms. The first kappa shape index (κ1) is 15.4. The summed E-state index contributed by atoms with van der Waals surface area (Å²) in [4.78, 5) is 4.66. The smallest absolute Gasteiger partial charge is 0.128 e. The Morgan fingerprint density at radius 3 is 2.67 bits per heavy atom. The molecule has 120 valence electrons. The quantitative estimate of drug-likeness (QED) is 0.564. The van der Waals surface area contributed by atoms with Gasteiger partial charge in [0.1, 0.15) is 11.5 Å². The summed E-state index contributed by atoms with van der Waals surface area (Å²) in [5, 5.41) is 9.60. The molecule has 0 fully saturated rings. The fraction of sp³-hybridized carbons (Fsp3) is 0.211. The van der Waals surface area contributed by atoms with Gasteiger partial charge in [0.15, 0.2) is 0 Å². The van der Waals surface area contributed by atoms with Crippen molar-refractivity contribution in [3.63, 3.8) is 0 Å². The SMILES string of the molecule is CC1(C)N=C(c2cc3ccccc3nn2)c2cccc(F)c2C1Br. The summed E-state index contributed by atoms with van der Waals surface area (Å²) in [6.07, 6.45) is 0. The van der Waals surface area contributed by atoms with Crippen molar-refractivity contribution in [2.45, 2.75) is 24.2 Å². The van der Waals surface area contributed by atoms with E-state index in [1.54, 1.807) is 6.07 Å². The highest BCUT2D eigenvalue weighted by Crippen LogP contribution is 2.44. The van der Waals surface area contributed by atoms with Gasteiger partial charge in [0.05, 0.1) is 21.6 Å². The van der Waals surface area contributed by atoms with Crippen LogP contribution in [0.15, 0.2) is 53.5 Å². The van der Waals surface area contributed by atoms with Gasteiger partial charge in [-0.15, -0.1) is 10.2 Å². The van der Waals surface area contributed by atoms with Gasteiger partial charge in [-0.1, -0.05) is 46.3 Å². The second-order valence-corrected chi connectivity index (χ2v) is 7.38. The van der Waals surface area contributed by atoms with E-state index in [0.717, 1.165) is 16.5 Å². The summed E-state index contributed by atoms with van der Waals surface area (Å²) < 4.78 is 14.5. The van der Waals surface area contributed by atoms with E-state index in [4.69, 9.17) is 4.99 Å². The Balaban J connectivity index is 1.97. The van der Waals surface area contributed by atoms with Crippen molar-refractivity contribution in [1.82, 2.24) is 10.2 Å². The second kappa shape index (κ2) is 5.45. The van der Waals surface area contributed by atoms with Crippen LogP contribution < -0.4 is 0 Å². The van der Waals surface area contributed by atoms with Crippen LogP contribution in [0.25, 0.3) is 10.9 Å². The lowest BCUT2D eigenvalue weighted by molar-refractivity contribution is 0.488. The first-order chi connectivity index (χ1) is 11.5. The van der Waals surface area contributed by atoms with E-state index in [1.165, 1.54) is 6.07 Å². The highest BCUT2D eigenvalue weighted by atomic mass is 79.9. The van der Waals surface area contributed by atoms with E-state index >= 15 is 0 Å². The number of aliphatic imine (C=N–C) groups is 1. The maximum Gasteiger partial charge on any atom is 0.128 e. The van der Waals surface area contributed by atoms with Gasteiger partial charge in [-0.05, 0) is 32.0 Å². The van der Waals surface area contributed by atoms with Crippen molar-refractivity contribution in [2.24, 2.45) is 4.99 Å². The molecular formula is C19H15BrFN3. The number of aromatic nitrogens is 2. The lowest BCUT2D eigenvalue weighted by atomic mass is 9.85. The largest absolute Gasteiger partial charge is 0.275 e. The molecule has 0 radical (unpaired) electrons. The van der Waals surface area contributed by atoms with Crippen LogP contribution in [0.3, 0.4) is 0 Å². The Labute approximate surface area is 147 Å². The van der Waals surface area contributed by atoms with Crippen LogP contribution in [0, 0.1) is 5.82 Å². The standard InChI is InChI=1S/C19H15BrFN3/c1-19(2)18(20)16-12(7-5-8-13(16)21)17(22-19)15-10-11-6-3-4-9-14(11)23-24-15/h3-10,18H,1-2H3. The molecule has 4 rings (SSSR count). The molecule has 5 heteroatoms. The third-order valence-electron chi connectivity index (χ3n) is 4.32. The zero-order valence-electron chi connectivity index (χ0n) is 13.3. The molecule has 3 aromatic rings. The molecule has 2 heterocycles. The molecule has 0 N–H and O–H groups in total. The number of benzene rings is 2. The summed E-state index contributed by atoms with van der Waals surface area (Å²) in [7, 11) is 0. The van der Waals surface area contributed by atoms with Crippen molar-refractivity contribution in [3.8, 4) is 0 Å². The number of alkyl halides is 1. The highest BCUT2D eigenvalue weighted by molar-refractivity contribution is 9.09. The molecule has 0 saturated heterocycles. The van der Waals surface area contributed by atoms with E-state index in [1.807, 2.05) is 50.2 Å². The summed E-state index contributed by atoms with van der Waals surface area (Å²) in [5.41, 5.74) is 3.08. The van der Waals surface area contributed by atoms with Crippen molar-refractivity contribution in [1.29, 1.82) is 0 Å². The van der Waals surface area contributed by atoms with Gasteiger partial charge >= 0.3 is 0 Å². The minimum atomic E-state index is -0.488. The topological polar surface area (TPSA) is 38.1 Å². The molecule has 1 atom stereocenters. The number of rotatable bonds is 1. The number of hydrogen-bond acceptors (Lipinski definition) is 3. The summed E-state index contributed by atoms with van der Waals surface area (Å²) in [5.74, 6) is -0.233. The fourth-order valence-electron chi connectivity index (χ4n) is 3.05. The van der Waals surface area contributed by atoms with E-state index in [0.29, 0.717) is 17.0 Å². The number of fused-ring (bicyclic) bond motifs is 2. The van der Waals surface area contributed by atoms with Gasteiger partial charge in [0.25, 0.3) is 0 Å². The molecule has 1 aliphatic rings. The van der Waals surface area contributed by atoms with Crippen LogP contribution in [0.2, 0.25) is 0 Å². The van der Waals surface area contributed by atoms with E-state index in [9.17, 15) is 4.39 Å². The highest BCUT2D eigenvalue weighted by Gasteiger charge is 2.38. The Bertz CT molecular complexity index is 981. The van der Waals surface area contributed by atoms with Gasteiger partial charge in [0.2, 0.25) is 0 Å². The van der Waals surface area contributed by atoms with Crippen LogP contribution in [0.4, 0.5) is 4.39 Å². The first-order valence-corrected chi connectivity index (χ1v) is 8.64. The average molecular weight is 384 g/mol. The zero-order chi connectivity index (χ0) is 16.9. The van der Waals surface area contributed by atoms with Crippen molar-refractivity contribution in [2.75, 3.05) is 0 Å². The first-order valence-electron chi connectivity index (χ1n) is 7.73. The van der Waals surface area contributed by atoms with Crippen LogP contribution in [-0.2, 0) is 0 Å². The predicted octanol–water partition coefficient (Wildman–Crippen LogP) is 4.83. The average Bonchev–Trinajstić information content (AvgIpc) is 2.58. The maximum absolute atomic E-state index is 14.5. The maximum atomic E-state index is 14.5. The molecule has 2 aromatic carbocycles. The van der Waals surface area contributed by atoms with E-state index < -0.39 is 5.54 Å². The monoisotopic (exact) mass is 383 g/mol. The van der Waals surface area contributed by atoms with Gasteiger partial charge in [0, 0.05) is 16.5 Å². The van der Waals surface area contributed by atoms with Gasteiger partial charge in [-0.2, -0.15) is 0 Å². The van der Waals surface area contributed by atoms with Crippen molar-refractivity contribution in [3.05, 3.63) is 71.2 Å². The number of hydrogen-bond donors (Lipinski definition) is 0. The normalized spacial score (nSPS) is 19.0. The Morgan fingerprint density at radius 1 is 1.04 bits per heavy atom. The minimum Gasteiger partial charge on any atom is -0.275 e. The van der Waals surface area contributed by atoms with Gasteiger partial charge in [-0.25, -0.2) is 4.39 Å². The lowest BCUT2D eigenvalue weighted by Gasteiger charge is -2.34. The Hall–Kier alpha value is -2.14. The molecule has 24 heavy (non-hydrogen) atoms. The van der Waals surface area contributed by atoms with Crippen LogP contribution in [-0.4, -0.2) is 21.4 Å². The van der Waals surface area contributed by atoms with E-state index in [-0.39, 0.29) is 10.6 Å². The Kier molecular flexibility index (Phi) is 3.49. The molecule has 1 aliphatic heterocycles. The molecule has 0 saturated carbocycles. The molecule has 3 nitrogen and oxygen atoms in total. The summed E-state index contributed by atoms with van der Waals surface area (Å²) >= 11 is 3.62. The summed E-state index contributed by atoms with van der Waals surface area (Å²) in [6, 6.07) is 14.8. The van der Waals surface area contributed by atoms with Crippen molar-refractivity contribution >= 4 is 32.5 Å². The van der Waals surface area contributed by atoms with E-state index in [2.05, 4.69) is 26.1 Å². The molecular weight excluding hydrogens is 369 g/mol. The lowest BCUT2D eigenvalue weighted by Crippen LogP contribution is -2.32. The van der Waals surface area contributed by atoms with Crippen LogP contribution in [0.1, 0.15) is 35.5 Å². The van der Waals surface area contributed by atoms with Crippen LogP contribution >= 0.6 is 15.9 Å². The van der Waals surface area contributed by atoms with Gasteiger partial charge < -0.3 is 0 Å². The second-order valence-electron chi connectivity index (χ2n) is 6.47. The molecule has 0 aliphatic carbocycles. The zero-order valence-corrected chi connectivity index (χ0v) is 14.9. The predicted molar refractivity (Wildman–Crippen MR) is 97.3 cm³/mol. The Morgan fingerprint density at radius 2 is 1.83 bits per heavy atom. The number of nitrogens with zero attached hydrogens (tertiary/aromatic N) is 3. The molecule has 1 aromatic heterocycles. The third kappa shape index (κ3) is 2.35. The number of halogens is 2. The summed E-state index contributed by atoms with van der Waals surface area (Å²) in [6.45, 7) is 3.96. The minimum absolute atomic E-state index is 0.196.